The van der Waals surface area contributed by atoms with E-state index in [-0.39, 0.29) is 5.91 Å². The van der Waals surface area contributed by atoms with Crippen LogP contribution >= 0.6 is 11.8 Å². The second kappa shape index (κ2) is 8.12. The number of para-hydroxylation sites is 1. The van der Waals surface area contributed by atoms with Crippen molar-refractivity contribution in [1.29, 1.82) is 0 Å². The Bertz CT molecular complexity index is 863. The predicted octanol–water partition coefficient (Wildman–Crippen LogP) is 4.26. The van der Waals surface area contributed by atoms with Gasteiger partial charge in [0.1, 0.15) is 5.03 Å². The summed E-state index contributed by atoms with van der Waals surface area (Å²) in [4.78, 5) is 23.6. The van der Waals surface area contributed by atoms with Gasteiger partial charge in [0.15, 0.2) is 5.82 Å². The molecule has 1 aromatic heterocycles. The summed E-state index contributed by atoms with van der Waals surface area (Å²) in [7, 11) is 0. The van der Waals surface area contributed by atoms with E-state index in [9.17, 15) is 4.79 Å². The van der Waals surface area contributed by atoms with Crippen LogP contribution in [0, 0.1) is 0 Å². The van der Waals surface area contributed by atoms with E-state index >= 15 is 0 Å². The van der Waals surface area contributed by atoms with Crippen molar-refractivity contribution in [2.45, 2.75) is 18.9 Å². The van der Waals surface area contributed by atoms with E-state index in [4.69, 9.17) is 4.98 Å². The first kappa shape index (κ1) is 17.4. The van der Waals surface area contributed by atoms with Gasteiger partial charge in [-0.2, -0.15) is 0 Å². The van der Waals surface area contributed by atoms with Gasteiger partial charge in [0.25, 0.3) is 0 Å². The molecular weight excluding hydrogens is 330 g/mol. The normalized spacial score (nSPS) is 10.8. The average Bonchev–Trinajstić information content (AvgIpc) is 2.67. The number of amides is 1. The zero-order valence-electron chi connectivity index (χ0n) is 14.5. The monoisotopic (exact) mass is 351 g/mol. The molecule has 128 valence electrons. The first-order valence-corrected chi connectivity index (χ1v) is 9.44. The van der Waals surface area contributed by atoms with Gasteiger partial charge >= 0.3 is 0 Å². The zero-order chi connectivity index (χ0) is 17.6. The Labute approximate surface area is 152 Å². The van der Waals surface area contributed by atoms with E-state index in [2.05, 4.69) is 4.98 Å². The molecule has 0 unspecified atom stereocenters. The number of nitrogens with zero attached hydrogens (tertiary/aromatic N) is 3. The van der Waals surface area contributed by atoms with Crippen LogP contribution in [0.3, 0.4) is 0 Å². The van der Waals surface area contributed by atoms with Crippen LogP contribution in [0.5, 0.6) is 0 Å². The number of fused-ring (bicyclic) bond motifs is 1. The van der Waals surface area contributed by atoms with Crippen LogP contribution in [0.4, 0.5) is 0 Å². The first-order valence-electron chi connectivity index (χ1n) is 8.45. The topological polar surface area (TPSA) is 46.1 Å². The molecule has 1 heterocycles. The predicted molar refractivity (Wildman–Crippen MR) is 104 cm³/mol. The second-order valence-corrected chi connectivity index (χ2v) is 6.55. The smallest absolute Gasteiger partial charge is 0.232 e. The molecule has 0 bridgehead atoms. The molecular formula is C20H21N3OS. The van der Waals surface area contributed by atoms with E-state index in [1.54, 1.807) is 0 Å². The van der Waals surface area contributed by atoms with Gasteiger partial charge in [-0.05, 0) is 19.9 Å². The van der Waals surface area contributed by atoms with Crippen molar-refractivity contribution in [1.82, 2.24) is 14.9 Å². The lowest BCUT2D eigenvalue weighted by Crippen LogP contribution is -2.31. The molecule has 1 amide bonds. The van der Waals surface area contributed by atoms with Crippen LogP contribution in [-0.4, -0.2) is 39.6 Å². The van der Waals surface area contributed by atoms with Crippen molar-refractivity contribution >= 4 is 28.6 Å². The standard InChI is InChI=1S/C20H21N3OS/c1-3-23(4-2)18(24)14-25-20-16-12-8-9-13-17(16)21-19(22-20)15-10-6-5-7-11-15/h5-13H,3-4,14H2,1-2H3. The van der Waals surface area contributed by atoms with Gasteiger partial charge in [-0.25, -0.2) is 9.97 Å². The molecule has 0 fully saturated rings. The maximum atomic E-state index is 12.3. The SMILES string of the molecule is CCN(CC)C(=O)CSc1nc(-c2ccccc2)nc2ccccc12. The van der Waals surface area contributed by atoms with E-state index < -0.39 is 0 Å². The molecule has 0 saturated carbocycles. The maximum absolute atomic E-state index is 12.3. The van der Waals surface area contributed by atoms with E-state index in [0.29, 0.717) is 11.6 Å². The van der Waals surface area contributed by atoms with Gasteiger partial charge in [-0.15, -0.1) is 0 Å². The lowest BCUT2D eigenvalue weighted by atomic mass is 10.2. The molecule has 0 aliphatic heterocycles. The third kappa shape index (κ3) is 3.99. The maximum Gasteiger partial charge on any atom is 0.232 e. The number of benzene rings is 2. The second-order valence-electron chi connectivity index (χ2n) is 5.59. The first-order chi connectivity index (χ1) is 12.2. The molecule has 0 radical (unpaired) electrons. The van der Waals surface area contributed by atoms with Crippen LogP contribution in [-0.2, 0) is 4.79 Å². The summed E-state index contributed by atoms with van der Waals surface area (Å²) in [6.07, 6.45) is 0. The summed E-state index contributed by atoms with van der Waals surface area (Å²) < 4.78 is 0. The lowest BCUT2D eigenvalue weighted by Gasteiger charge is -2.18. The Morgan fingerprint density at radius 3 is 2.36 bits per heavy atom. The summed E-state index contributed by atoms with van der Waals surface area (Å²) in [5.41, 5.74) is 1.87. The molecule has 0 saturated heterocycles. The Hall–Kier alpha value is -2.40. The fourth-order valence-electron chi connectivity index (χ4n) is 2.67. The van der Waals surface area contributed by atoms with E-state index in [1.807, 2.05) is 73.3 Å². The van der Waals surface area contributed by atoms with Crippen LogP contribution in [0.25, 0.3) is 22.3 Å². The number of carbonyl (C=O) groups excluding carboxylic acids is 1. The Morgan fingerprint density at radius 1 is 0.960 bits per heavy atom. The number of hydrogen-bond acceptors (Lipinski definition) is 4. The number of thioether (sulfide) groups is 1. The summed E-state index contributed by atoms with van der Waals surface area (Å²) in [6.45, 7) is 5.46. The Kier molecular flexibility index (Phi) is 5.66. The Morgan fingerprint density at radius 2 is 1.64 bits per heavy atom. The van der Waals surface area contributed by atoms with Crippen molar-refractivity contribution in [2.24, 2.45) is 0 Å². The summed E-state index contributed by atoms with van der Waals surface area (Å²) >= 11 is 1.48. The summed E-state index contributed by atoms with van der Waals surface area (Å²) in [5.74, 6) is 1.22. The molecule has 0 aliphatic rings. The van der Waals surface area contributed by atoms with Crippen LogP contribution in [0.1, 0.15) is 13.8 Å². The van der Waals surface area contributed by atoms with Gasteiger partial charge < -0.3 is 4.90 Å². The third-order valence-electron chi connectivity index (χ3n) is 4.05. The lowest BCUT2D eigenvalue weighted by molar-refractivity contribution is -0.127. The largest absolute Gasteiger partial charge is 0.343 e. The molecule has 2 aromatic carbocycles. The minimum atomic E-state index is 0.138. The summed E-state index contributed by atoms with van der Waals surface area (Å²) in [5, 5.41) is 1.84. The molecule has 0 N–H and O–H groups in total. The van der Waals surface area contributed by atoms with Crippen LogP contribution in [0.15, 0.2) is 59.6 Å². The highest BCUT2D eigenvalue weighted by Gasteiger charge is 2.14. The quantitative estimate of drug-likeness (QED) is 0.492. The number of carbonyl (C=O) groups is 1. The minimum Gasteiger partial charge on any atom is -0.343 e. The number of hydrogen-bond donors (Lipinski definition) is 0. The third-order valence-corrected chi connectivity index (χ3v) is 5.02. The van der Waals surface area contributed by atoms with Gasteiger partial charge in [-0.3, -0.25) is 4.79 Å². The highest BCUT2D eigenvalue weighted by atomic mass is 32.2. The van der Waals surface area contributed by atoms with Gasteiger partial charge in [-0.1, -0.05) is 60.3 Å². The van der Waals surface area contributed by atoms with E-state index in [0.717, 1.165) is 34.6 Å². The molecule has 0 aliphatic carbocycles. The number of rotatable bonds is 6. The molecule has 3 aromatic rings. The number of aromatic nitrogens is 2. The van der Waals surface area contributed by atoms with Crippen molar-refractivity contribution in [3.8, 4) is 11.4 Å². The van der Waals surface area contributed by atoms with Crippen molar-refractivity contribution < 1.29 is 4.79 Å². The van der Waals surface area contributed by atoms with E-state index in [1.165, 1.54) is 11.8 Å². The molecule has 3 rings (SSSR count). The van der Waals surface area contributed by atoms with Gasteiger partial charge in [0.05, 0.1) is 11.3 Å². The van der Waals surface area contributed by atoms with Crippen molar-refractivity contribution in [2.75, 3.05) is 18.8 Å². The van der Waals surface area contributed by atoms with Crippen molar-refractivity contribution in [3.63, 3.8) is 0 Å². The fourth-order valence-corrected chi connectivity index (χ4v) is 3.59. The molecule has 0 spiro atoms. The average molecular weight is 351 g/mol. The van der Waals surface area contributed by atoms with Crippen LogP contribution < -0.4 is 0 Å². The Balaban J connectivity index is 1.94. The zero-order valence-corrected chi connectivity index (χ0v) is 15.3. The molecule has 4 nitrogen and oxygen atoms in total. The summed E-state index contributed by atoms with van der Waals surface area (Å²) in [6, 6.07) is 17.9. The molecule has 25 heavy (non-hydrogen) atoms. The van der Waals surface area contributed by atoms with Gasteiger partial charge in [0.2, 0.25) is 5.91 Å². The fraction of sp³-hybridized carbons (Fsp3) is 0.250. The molecule has 0 atom stereocenters. The molecule has 5 heteroatoms. The van der Waals surface area contributed by atoms with Crippen LogP contribution in [0.2, 0.25) is 0 Å². The van der Waals surface area contributed by atoms with Gasteiger partial charge in [0, 0.05) is 24.0 Å². The highest BCUT2D eigenvalue weighted by molar-refractivity contribution is 8.00. The highest BCUT2D eigenvalue weighted by Crippen LogP contribution is 2.28. The van der Waals surface area contributed by atoms with Crippen molar-refractivity contribution in [3.05, 3.63) is 54.6 Å². The minimum absolute atomic E-state index is 0.138.